The van der Waals surface area contributed by atoms with Crippen molar-refractivity contribution >= 4 is 16.9 Å². The summed E-state index contributed by atoms with van der Waals surface area (Å²) in [4.78, 5) is 18.6. The number of nitrogens with one attached hydrogen (secondary N) is 1. The molecule has 0 spiro atoms. The van der Waals surface area contributed by atoms with E-state index in [4.69, 9.17) is 4.74 Å². The number of rotatable bonds is 2. The first-order valence-corrected chi connectivity index (χ1v) is 8.23. The van der Waals surface area contributed by atoms with Crippen LogP contribution in [0, 0.1) is 0 Å². The molecule has 1 aromatic carbocycles. The Hall–Kier alpha value is -1.85. The fourth-order valence-electron chi connectivity index (χ4n) is 4.33. The summed E-state index contributed by atoms with van der Waals surface area (Å²) >= 11 is 0. The number of hydrogen-bond donors (Lipinski definition) is 2. The summed E-state index contributed by atoms with van der Waals surface area (Å²) in [5.74, 6) is -0.140. The molecule has 0 aliphatic carbocycles. The van der Waals surface area contributed by atoms with Crippen molar-refractivity contribution in [2.75, 3.05) is 26.7 Å². The molecule has 2 atom stereocenters. The predicted molar refractivity (Wildman–Crippen MR) is 87.3 cm³/mol. The van der Waals surface area contributed by atoms with Crippen molar-refractivity contribution in [1.29, 1.82) is 0 Å². The smallest absolute Gasteiger partial charge is 0.319 e. The molecule has 2 unspecified atom stereocenters. The number of methoxy groups -OCH3 is 1. The number of fused-ring (bicyclic) bond motifs is 6. The lowest BCUT2D eigenvalue weighted by atomic mass is 9.76. The van der Waals surface area contributed by atoms with Gasteiger partial charge < -0.3 is 19.7 Å². The van der Waals surface area contributed by atoms with E-state index in [1.165, 1.54) is 12.7 Å². The fourth-order valence-corrected chi connectivity index (χ4v) is 4.33. The Morgan fingerprint density at radius 1 is 1.43 bits per heavy atom. The molecule has 122 valence electrons. The second-order valence-corrected chi connectivity index (χ2v) is 6.72. The summed E-state index contributed by atoms with van der Waals surface area (Å²) in [7, 11) is 1.48. The Balaban J connectivity index is 1.96. The van der Waals surface area contributed by atoms with Crippen molar-refractivity contribution in [3.05, 3.63) is 35.0 Å². The zero-order chi connectivity index (χ0) is 16.0. The molecule has 1 saturated heterocycles. The lowest BCUT2D eigenvalue weighted by Gasteiger charge is -2.38. The molecule has 5 heteroatoms. The monoisotopic (exact) mass is 314 g/mol. The number of nitrogens with zero attached hydrogens (tertiary/aromatic N) is 1. The van der Waals surface area contributed by atoms with Gasteiger partial charge in [-0.3, -0.25) is 4.79 Å². The van der Waals surface area contributed by atoms with Crippen LogP contribution in [0.5, 0.6) is 0 Å². The number of esters is 1. The minimum Gasteiger partial charge on any atom is -0.468 e. The van der Waals surface area contributed by atoms with Crippen molar-refractivity contribution in [1.82, 2.24) is 9.88 Å². The van der Waals surface area contributed by atoms with Crippen molar-refractivity contribution in [2.24, 2.45) is 0 Å². The van der Waals surface area contributed by atoms with Gasteiger partial charge in [0.05, 0.1) is 13.7 Å². The molecule has 1 aromatic heterocycles. The number of hydrogen-bond acceptors (Lipinski definition) is 4. The van der Waals surface area contributed by atoms with Gasteiger partial charge in [0, 0.05) is 29.7 Å². The van der Waals surface area contributed by atoms with Crippen LogP contribution in [-0.2, 0) is 28.0 Å². The molecule has 4 rings (SSSR count). The van der Waals surface area contributed by atoms with Gasteiger partial charge in [-0.15, -0.1) is 0 Å². The molecule has 2 N–H and O–H groups in total. The Labute approximate surface area is 135 Å². The quantitative estimate of drug-likeness (QED) is 0.829. The number of carbonyl (C=O) groups is 1. The standard InChI is InChI=1S/C18H22N2O3/c1-23-17(22)18-6-2-7-20(11-18)8-5-13-14-9-12(10-21)3-4-15(14)19-16(13)18/h3-4,9,19,21H,2,5-8,10-11H2,1H3. The number of aromatic amines is 1. The maximum atomic E-state index is 12.7. The average molecular weight is 314 g/mol. The molecule has 2 aliphatic heterocycles. The fraction of sp³-hybridized carbons (Fsp3) is 0.500. The van der Waals surface area contributed by atoms with E-state index < -0.39 is 5.41 Å². The minimum atomic E-state index is -0.586. The molecular weight excluding hydrogens is 292 g/mol. The molecule has 2 aromatic rings. The minimum absolute atomic E-state index is 0.0319. The van der Waals surface area contributed by atoms with Crippen LogP contribution in [0.15, 0.2) is 18.2 Å². The van der Waals surface area contributed by atoms with Gasteiger partial charge in [0.15, 0.2) is 0 Å². The number of aromatic nitrogens is 1. The maximum Gasteiger partial charge on any atom is 0.319 e. The number of piperidine rings is 1. The van der Waals surface area contributed by atoms with E-state index in [1.807, 2.05) is 18.2 Å². The van der Waals surface area contributed by atoms with Crippen molar-refractivity contribution < 1.29 is 14.6 Å². The SMILES string of the molecule is COC(=O)C12CCCN(CCc3c1[nH]c1ccc(CO)cc31)C2. The largest absolute Gasteiger partial charge is 0.468 e. The van der Waals surface area contributed by atoms with Gasteiger partial charge in [-0.2, -0.15) is 0 Å². The summed E-state index contributed by atoms with van der Waals surface area (Å²) in [5.41, 5.74) is 3.59. The van der Waals surface area contributed by atoms with Crippen LogP contribution in [0.25, 0.3) is 10.9 Å². The number of carbonyl (C=O) groups excluding carboxylic acids is 1. The van der Waals surface area contributed by atoms with Gasteiger partial charge >= 0.3 is 5.97 Å². The highest BCUT2D eigenvalue weighted by Crippen LogP contribution is 2.41. The van der Waals surface area contributed by atoms with Gasteiger partial charge in [-0.05, 0) is 49.1 Å². The van der Waals surface area contributed by atoms with Gasteiger partial charge in [-0.25, -0.2) is 0 Å². The highest BCUT2D eigenvalue weighted by Gasteiger charge is 2.48. The maximum absolute atomic E-state index is 12.7. The van der Waals surface area contributed by atoms with Crippen LogP contribution in [0.1, 0.15) is 29.7 Å². The molecule has 5 nitrogen and oxygen atoms in total. The number of ether oxygens (including phenoxy) is 1. The van der Waals surface area contributed by atoms with Gasteiger partial charge in [0.1, 0.15) is 5.41 Å². The number of aliphatic hydroxyl groups is 1. The molecule has 3 heterocycles. The molecule has 0 saturated carbocycles. The molecule has 0 radical (unpaired) electrons. The normalized spacial score (nSPS) is 26.6. The van der Waals surface area contributed by atoms with Crippen LogP contribution in [0.3, 0.4) is 0 Å². The van der Waals surface area contributed by atoms with Crippen LogP contribution in [0.4, 0.5) is 0 Å². The Morgan fingerprint density at radius 3 is 3.09 bits per heavy atom. The third kappa shape index (κ3) is 2.11. The van der Waals surface area contributed by atoms with Gasteiger partial charge in [0.2, 0.25) is 0 Å². The number of aliphatic hydroxyl groups excluding tert-OH is 1. The number of benzene rings is 1. The first kappa shape index (κ1) is 14.7. The second-order valence-electron chi connectivity index (χ2n) is 6.72. The number of H-pyrrole nitrogens is 1. The van der Waals surface area contributed by atoms with E-state index in [2.05, 4.69) is 9.88 Å². The first-order valence-electron chi connectivity index (χ1n) is 8.23. The molecule has 2 bridgehead atoms. The van der Waals surface area contributed by atoms with E-state index in [9.17, 15) is 9.90 Å². The van der Waals surface area contributed by atoms with Crippen LogP contribution in [0.2, 0.25) is 0 Å². The van der Waals surface area contributed by atoms with E-state index in [0.717, 1.165) is 61.1 Å². The molecule has 0 amide bonds. The molecular formula is C18H22N2O3. The van der Waals surface area contributed by atoms with Crippen LogP contribution < -0.4 is 0 Å². The predicted octanol–water partition coefficient (Wildman–Crippen LogP) is 1.72. The summed E-state index contributed by atoms with van der Waals surface area (Å²) in [6, 6.07) is 5.97. The van der Waals surface area contributed by atoms with E-state index >= 15 is 0 Å². The summed E-state index contributed by atoms with van der Waals surface area (Å²) in [6.45, 7) is 2.77. The zero-order valence-corrected chi connectivity index (χ0v) is 13.4. The second kappa shape index (κ2) is 5.35. The summed E-state index contributed by atoms with van der Waals surface area (Å²) in [5, 5.41) is 10.6. The lowest BCUT2D eigenvalue weighted by molar-refractivity contribution is -0.150. The third-order valence-corrected chi connectivity index (χ3v) is 5.46. The molecule has 1 fully saturated rings. The van der Waals surface area contributed by atoms with Crippen molar-refractivity contribution in [3.63, 3.8) is 0 Å². The zero-order valence-electron chi connectivity index (χ0n) is 13.4. The van der Waals surface area contributed by atoms with E-state index in [-0.39, 0.29) is 12.6 Å². The van der Waals surface area contributed by atoms with E-state index in [0.29, 0.717) is 0 Å². The lowest BCUT2D eigenvalue weighted by Crippen LogP contribution is -2.50. The topological polar surface area (TPSA) is 65.6 Å². The van der Waals surface area contributed by atoms with Gasteiger partial charge in [-0.1, -0.05) is 6.07 Å². The molecule has 23 heavy (non-hydrogen) atoms. The van der Waals surface area contributed by atoms with Crippen molar-refractivity contribution in [3.8, 4) is 0 Å². The highest BCUT2D eigenvalue weighted by atomic mass is 16.5. The summed E-state index contributed by atoms with van der Waals surface area (Å²) < 4.78 is 5.19. The Bertz CT molecular complexity index is 767. The third-order valence-electron chi connectivity index (χ3n) is 5.46. The Morgan fingerprint density at radius 2 is 2.30 bits per heavy atom. The first-order chi connectivity index (χ1) is 11.2. The Kier molecular flexibility index (Phi) is 3.43. The van der Waals surface area contributed by atoms with Crippen LogP contribution in [-0.4, -0.2) is 47.7 Å². The van der Waals surface area contributed by atoms with Gasteiger partial charge in [0.25, 0.3) is 0 Å². The van der Waals surface area contributed by atoms with E-state index in [1.54, 1.807) is 0 Å². The molecule has 2 aliphatic rings. The van der Waals surface area contributed by atoms with Crippen LogP contribution >= 0.6 is 0 Å². The highest BCUT2D eigenvalue weighted by molar-refractivity contribution is 5.91. The summed E-state index contributed by atoms with van der Waals surface area (Å²) in [6.07, 6.45) is 2.75. The average Bonchev–Trinajstić information content (AvgIpc) is 2.92. The van der Waals surface area contributed by atoms with Crippen molar-refractivity contribution in [2.45, 2.75) is 31.3 Å².